The van der Waals surface area contributed by atoms with E-state index in [-0.39, 0.29) is 6.04 Å². The fraction of sp³-hybridized carbons (Fsp3) is 0.621. The number of nitrogens with one attached hydrogen (secondary N) is 1. The predicted octanol–water partition coefficient (Wildman–Crippen LogP) is 6.24. The summed E-state index contributed by atoms with van der Waals surface area (Å²) in [6.07, 6.45) is 6.40. The zero-order valence-electron chi connectivity index (χ0n) is 22.2. The van der Waals surface area contributed by atoms with Crippen LogP contribution >= 0.6 is 23.2 Å². The van der Waals surface area contributed by atoms with Crippen LogP contribution < -0.4 is 10.2 Å². The van der Waals surface area contributed by atoms with Gasteiger partial charge in [-0.25, -0.2) is 4.98 Å². The summed E-state index contributed by atoms with van der Waals surface area (Å²) in [5.74, 6) is 2.85. The summed E-state index contributed by atoms with van der Waals surface area (Å²) in [7, 11) is 0. The molecule has 2 aliphatic carbocycles. The van der Waals surface area contributed by atoms with Gasteiger partial charge in [0, 0.05) is 47.7 Å². The second-order valence-corrected chi connectivity index (χ2v) is 13.1. The van der Waals surface area contributed by atoms with Gasteiger partial charge in [-0.15, -0.1) is 0 Å². The molecule has 2 atom stereocenters. The van der Waals surface area contributed by atoms with Crippen LogP contribution in [0.15, 0.2) is 24.3 Å². The Labute approximate surface area is 234 Å². The van der Waals surface area contributed by atoms with Crippen molar-refractivity contribution in [3.63, 3.8) is 0 Å². The minimum absolute atomic E-state index is 0.0126. The third-order valence-corrected chi connectivity index (χ3v) is 9.84. The SMILES string of the molecule is C[C@@H](Nc1cc(C2CC2)nc(N2CC([C@H]3CCCN(C4CC(C)(C(=O)O)C4)C3)C2)n1)c1ccc(Cl)cc1Cl. The number of aliphatic carboxylic acids is 1. The maximum atomic E-state index is 11.5. The highest BCUT2D eigenvalue weighted by Crippen LogP contribution is 2.46. The number of benzene rings is 1. The van der Waals surface area contributed by atoms with Crippen molar-refractivity contribution in [1.29, 1.82) is 0 Å². The van der Waals surface area contributed by atoms with Gasteiger partial charge in [0.15, 0.2) is 0 Å². The number of likely N-dealkylation sites (tertiary alicyclic amines) is 1. The summed E-state index contributed by atoms with van der Waals surface area (Å²) in [5, 5.41) is 14.3. The molecule has 204 valence electrons. The number of aromatic nitrogens is 2. The summed E-state index contributed by atoms with van der Waals surface area (Å²) in [6, 6.07) is 8.12. The van der Waals surface area contributed by atoms with Crippen LogP contribution in [0.4, 0.5) is 11.8 Å². The van der Waals surface area contributed by atoms with Gasteiger partial charge in [0.1, 0.15) is 5.82 Å². The average Bonchev–Trinajstić information content (AvgIpc) is 3.66. The van der Waals surface area contributed by atoms with E-state index >= 15 is 0 Å². The molecule has 4 aliphatic rings. The van der Waals surface area contributed by atoms with Crippen LogP contribution in [0.3, 0.4) is 0 Å². The van der Waals surface area contributed by atoms with Gasteiger partial charge in [0.2, 0.25) is 5.95 Å². The van der Waals surface area contributed by atoms with E-state index in [4.69, 9.17) is 33.2 Å². The lowest BCUT2D eigenvalue weighted by molar-refractivity contribution is -0.158. The van der Waals surface area contributed by atoms with Gasteiger partial charge in [-0.2, -0.15) is 4.98 Å². The molecule has 1 aromatic carbocycles. The van der Waals surface area contributed by atoms with E-state index < -0.39 is 11.4 Å². The Hall–Kier alpha value is -2.09. The van der Waals surface area contributed by atoms with Crippen LogP contribution in [0.1, 0.15) is 75.6 Å². The normalized spacial score (nSPS) is 28.9. The zero-order chi connectivity index (χ0) is 26.6. The maximum absolute atomic E-state index is 11.5. The van der Waals surface area contributed by atoms with Crippen LogP contribution in [0, 0.1) is 17.3 Å². The molecule has 0 spiro atoms. The third-order valence-electron chi connectivity index (χ3n) is 9.28. The molecular weight excluding hydrogens is 521 g/mol. The Bertz CT molecular complexity index is 1210. The molecule has 2 N–H and O–H groups in total. The maximum Gasteiger partial charge on any atom is 0.309 e. The number of anilines is 2. The summed E-state index contributed by atoms with van der Waals surface area (Å²) in [6.45, 7) is 8.15. The second-order valence-electron chi connectivity index (χ2n) is 12.3. The largest absolute Gasteiger partial charge is 0.481 e. The van der Waals surface area contributed by atoms with Crippen LogP contribution in [-0.2, 0) is 4.79 Å². The lowest BCUT2D eigenvalue weighted by Crippen LogP contribution is -2.58. The highest BCUT2D eigenvalue weighted by molar-refractivity contribution is 6.35. The van der Waals surface area contributed by atoms with Gasteiger partial charge >= 0.3 is 5.97 Å². The molecule has 1 aromatic heterocycles. The smallest absolute Gasteiger partial charge is 0.309 e. The molecule has 38 heavy (non-hydrogen) atoms. The molecule has 4 fully saturated rings. The Morgan fingerprint density at radius 3 is 2.55 bits per heavy atom. The van der Waals surface area contributed by atoms with Crippen molar-refractivity contribution in [3.05, 3.63) is 45.6 Å². The van der Waals surface area contributed by atoms with E-state index in [1.165, 1.54) is 25.7 Å². The molecule has 2 aromatic rings. The standard InChI is InChI=1S/C29H37Cl2N5O2/c1-17(23-8-7-21(30)10-24(23)31)32-26-11-25(18-5-6-18)33-28(34-26)36-15-20(16-36)19-4-3-9-35(14-19)22-12-29(2,13-22)27(37)38/h7-8,10-11,17-20,22H,3-6,9,12-16H2,1-2H3,(H,37,38)(H,32,33,34)/t17-,19+,22?,29?/m1/s1. The number of carbonyl (C=O) groups is 1. The molecule has 0 unspecified atom stereocenters. The molecular formula is C29H37Cl2N5O2. The van der Waals surface area contributed by atoms with Crippen molar-refractivity contribution < 1.29 is 9.90 Å². The minimum Gasteiger partial charge on any atom is -0.481 e. The number of rotatable bonds is 8. The molecule has 0 bridgehead atoms. The zero-order valence-corrected chi connectivity index (χ0v) is 23.7. The van der Waals surface area contributed by atoms with Crippen molar-refractivity contribution in [2.45, 2.75) is 70.4 Å². The minimum atomic E-state index is -0.648. The second kappa shape index (κ2) is 10.1. The van der Waals surface area contributed by atoms with Crippen LogP contribution in [0.2, 0.25) is 10.0 Å². The van der Waals surface area contributed by atoms with Gasteiger partial charge < -0.3 is 20.2 Å². The molecule has 0 radical (unpaired) electrons. The highest BCUT2D eigenvalue weighted by Gasteiger charge is 2.49. The lowest BCUT2D eigenvalue weighted by Gasteiger charge is -2.52. The van der Waals surface area contributed by atoms with Crippen LogP contribution in [0.5, 0.6) is 0 Å². The fourth-order valence-electron chi connectivity index (χ4n) is 6.55. The van der Waals surface area contributed by atoms with Crippen LogP contribution in [0.25, 0.3) is 0 Å². The van der Waals surface area contributed by atoms with Gasteiger partial charge in [0.05, 0.1) is 17.2 Å². The van der Waals surface area contributed by atoms with E-state index in [0.717, 1.165) is 62.0 Å². The molecule has 0 amide bonds. The summed E-state index contributed by atoms with van der Waals surface area (Å²) >= 11 is 12.6. The highest BCUT2D eigenvalue weighted by atomic mass is 35.5. The Morgan fingerprint density at radius 2 is 1.87 bits per heavy atom. The molecule has 2 saturated heterocycles. The lowest BCUT2D eigenvalue weighted by atomic mass is 9.65. The summed E-state index contributed by atoms with van der Waals surface area (Å²) in [4.78, 5) is 26.3. The number of carboxylic acid groups (broad SMARTS) is 1. The summed E-state index contributed by atoms with van der Waals surface area (Å²) < 4.78 is 0. The predicted molar refractivity (Wildman–Crippen MR) is 151 cm³/mol. The van der Waals surface area contributed by atoms with Gasteiger partial charge in [-0.1, -0.05) is 29.3 Å². The molecule has 9 heteroatoms. The van der Waals surface area contributed by atoms with Crippen molar-refractivity contribution in [2.75, 3.05) is 36.4 Å². The van der Waals surface area contributed by atoms with E-state index in [9.17, 15) is 9.90 Å². The number of halogens is 2. The first-order valence-corrected chi connectivity index (χ1v) is 14.8. The average molecular weight is 559 g/mol. The van der Waals surface area contributed by atoms with Gasteiger partial charge in [-0.05, 0) is 88.4 Å². The number of hydrogen-bond donors (Lipinski definition) is 2. The van der Waals surface area contributed by atoms with Crippen molar-refractivity contribution in [3.8, 4) is 0 Å². The van der Waals surface area contributed by atoms with E-state index in [1.54, 1.807) is 6.07 Å². The molecule has 2 saturated carbocycles. The fourth-order valence-corrected chi connectivity index (χ4v) is 7.12. The van der Waals surface area contributed by atoms with Crippen LogP contribution in [-0.4, -0.2) is 58.2 Å². The molecule has 6 rings (SSSR count). The first-order chi connectivity index (χ1) is 18.2. The van der Waals surface area contributed by atoms with Crippen molar-refractivity contribution in [2.24, 2.45) is 17.3 Å². The number of piperidine rings is 1. The van der Waals surface area contributed by atoms with E-state index in [1.807, 2.05) is 19.1 Å². The number of nitrogens with zero attached hydrogens (tertiary/aromatic N) is 4. The Kier molecular flexibility index (Phi) is 6.98. The summed E-state index contributed by atoms with van der Waals surface area (Å²) in [5.41, 5.74) is 1.59. The Morgan fingerprint density at radius 1 is 1.11 bits per heavy atom. The number of carboxylic acids is 1. The van der Waals surface area contributed by atoms with Gasteiger partial charge in [0.25, 0.3) is 0 Å². The Balaban J connectivity index is 1.09. The number of hydrogen-bond acceptors (Lipinski definition) is 6. The first kappa shape index (κ1) is 26.1. The quantitative estimate of drug-likeness (QED) is 0.397. The van der Waals surface area contributed by atoms with Gasteiger partial charge in [-0.3, -0.25) is 4.79 Å². The van der Waals surface area contributed by atoms with Crippen molar-refractivity contribution in [1.82, 2.24) is 14.9 Å². The van der Waals surface area contributed by atoms with Crippen molar-refractivity contribution >= 4 is 40.9 Å². The topological polar surface area (TPSA) is 81.6 Å². The molecule has 7 nitrogen and oxygen atoms in total. The van der Waals surface area contributed by atoms with E-state index in [0.29, 0.717) is 33.8 Å². The third kappa shape index (κ3) is 5.22. The molecule has 2 aliphatic heterocycles. The first-order valence-electron chi connectivity index (χ1n) is 14.0. The molecule has 3 heterocycles. The monoisotopic (exact) mass is 557 g/mol. The van der Waals surface area contributed by atoms with E-state index in [2.05, 4.69) is 28.1 Å².